The van der Waals surface area contributed by atoms with E-state index < -0.39 is 5.41 Å². The summed E-state index contributed by atoms with van der Waals surface area (Å²) in [6.07, 6.45) is 10.4. The van der Waals surface area contributed by atoms with Gasteiger partial charge in [0.2, 0.25) is 5.91 Å². The number of nitrogens with one attached hydrogen (secondary N) is 1. The summed E-state index contributed by atoms with van der Waals surface area (Å²) in [6, 6.07) is 15.6. The monoisotopic (exact) mass is 454 g/mol. The zero-order valence-electron chi connectivity index (χ0n) is 19.0. The highest BCUT2D eigenvalue weighted by Gasteiger charge is 2.41. The van der Waals surface area contributed by atoms with E-state index in [0.29, 0.717) is 11.6 Å². The summed E-state index contributed by atoms with van der Waals surface area (Å²) in [4.78, 5) is 16.0. The van der Waals surface area contributed by atoms with Gasteiger partial charge in [-0.15, -0.1) is 0 Å². The summed E-state index contributed by atoms with van der Waals surface area (Å²) in [7, 11) is 0. The SMILES string of the molecule is O=C(Nc1ccc(OCCN2CCCCCC2)cc1)C1(c2ccc(Cl)cc2)CCCCC1. The van der Waals surface area contributed by atoms with Crippen molar-refractivity contribution in [3.05, 3.63) is 59.1 Å². The molecule has 0 atom stereocenters. The lowest BCUT2D eigenvalue weighted by atomic mass is 9.68. The van der Waals surface area contributed by atoms with E-state index >= 15 is 0 Å². The largest absolute Gasteiger partial charge is 0.492 e. The van der Waals surface area contributed by atoms with Crippen LogP contribution in [0.5, 0.6) is 5.75 Å². The number of benzene rings is 2. The molecule has 0 spiro atoms. The summed E-state index contributed by atoms with van der Waals surface area (Å²) in [5.74, 6) is 0.928. The fraction of sp³-hybridized carbons (Fsp3) is 0.519. The van der Waals surface area contributed by atoms with E-state index in [9.17, 15) is 4.79 Å². The number of carbonyl (C=O) groups excluding carboxylic acids is 1. The van der Waals surface area contributed by atoms with Crippen molar-refractivity contribution in [2.24, 2.45) is 0 Å². The Morgan fingerprint density at radius 3 is 2.16 bits per heavy atom. The van der Waals surface area contributed by atoms with Crippen LogP contribution in [-0.4, -0.2) is 37.0 Å². The van der Waals surface area contributed by atoms with Crippen molar-refractivity contribution in [2.75, 3.05) is 31.6 Å². The maximum atomic E-state index is 13.5. The van der Waals surface area contributed by atoms with Gasteiger partial charge >= 0.3 is 0 Å². The maximum Gasteiger partial charge on any atom is 0.235 e. The molecule has 2 fully saturated rings. The minimum absolute atomic E-state index is 0.0781. The Morgan fingerprint density at radius 1 is 0.875 bits per heavy atom. The number of hydrogen-bond acceptors (Lipinski definition) is 3. The third kappa shape index (κ3) is 5.85. The fourth-order valence-corrected chi connectivity index (χ4v) is 5.23. The highest BCUT2D eigenvalue weighted by molar-refractivity contribution is 6.30. The lowest BCUT2D eigenvalue weighted by Crippen LogP contribution is -2.42. The maximum absolute atomic E-state index is 13.5. The molecule has 1 aliphatic heterocycles. The lowest BCUT2D eigenvalue weighted by Gasteiger charge is -2.36. The van der Waals surface area contributed by atoms with Crippen LogP contribution in [0.1, 0.15) is 63.4 Å². The van der Waals surface area contributed by atoms with Gasteiger partial charge in [-0.2, -0.15) is 0 Å². The number of nitrogens with zero attached hydrogens (tertiary/aromatic N) is 1. The van der Waals surface area contributed by atoms with Gasteiger partial charge in [-0.25, -0.2) is 0 Å². The molecule has 0 aromatic heterocycles. The molecule has 2 aliphatic rings. The average Bonchev–Trinajstić information content (AvgIpc) is 3.10. The predicted molar refractivity (Wildman–Crippen MR) is 132 cm³/mol. The molecule has 0 unspecified atom stereocenters. The second kappa shape index (κ2) is 11.2. The molecule has 4 rings (SSSR count). The molecule has 1 N–H and O–H groups in total. The Kier molecular flexibility index (Phi) is 8.10. The van der Waals surface area contributed by atoms with Crippen LogP contribution in [0.4, 0.5) is 5.69 Å². The molecule has 1 amide bonds. The van der Waals surface area contributed by atoms with E-state index in [-0.39, 0.29) is 5.91 Å². The predicted octanol–water partition coefficient (Wildman–Crippen LogP) is 6.44. The van der Waals surface area contributed by atoms with Crippen LogP contribution in [0, 0.1) is 0 Å². The first kappa shape index (κ1) is 23.1. The molecule has 1 aliphatic carbocycles. The van der Waals surface area contributed by atoms with Gasteiger partial charge in [0.05, 0.1) is 5.41 Å². The summed E-state index contributed by atoms with van der Waals surface area (Å²) < 4.78 is 5.96. The standard InChI is InChI=1S/C27H35ClN2O2/c28-23-10-8-22(9-11-23)27(16-4-3-5-17-27)26(31)29-24-12-14-25(15-13-24)32-21-20-30-18-6-1-2-7-19-30/h8-15H,1-7,16-21H2,(H,29,31). The second-order valence-electron chi connectivity index (χ2n) is 9.23. The first-order valence-electron chi connectivity index (χ1n) is 12.2. The molecule has 1 saturated heterocycles. The normalized spacial score (nSPS) is 19.2. The number of anilines is 1. The van der Waals surface area contributed by atoms with E-state index in [1.165, 1.54) is 45.2 Å². The Hall–Kier alpha value is -2.04. The molecule has 1 heterocycles. The summed E-state index contributed by atoms with van der Waals surface area (Å²) in [5, 5.41) is 3.87. The smallest absolute Gasteiger partial charge is 0.235 e. The Balaban J connectivity index is 1.35. The van der Waals surface area contributed by atoms with E-state index in [0.717, 1.165) is 49.2 Å². The van der Waals surface area contributed by atoms with Gasteiger partial charge in [-0.1, -0.05) is 55.8 Å². The van der Waals surface area contributed by atoms with Crippen molar-refractivity contribution in [2.45, 2.75) is 63.2 Å². The molecule has 32 heavy (non-hydrogen) atoms. The van der Waals surface area contributed by atoms with Gasteiger partial charge in [-0.3, -0.25) is 9.69 Å². The third-order valence-corrected chi connectivity index (χ3v) is 7.28. The van der Waals surface area contributed by atoms with Crippen molar-refractivity contribution in [3.63, 3.8) is 0 Å². The topological polar surface area (TPSA) is 41.6 Å². The van der Waals surface area contributed by atoms with Gasteiger partial charge in [-0.05, 0) is 80.7 Å². The fourth-order valence-electron chi connectivity index (χ4n) is 5.11. The molecule has 1 saturated carbocycles. The molecule has 0 radical (unpaired) electrons. The molecular formula is C27H35ClN2O2. The zero-order valence-corrected chi connectivity index (χ0v) is 19.7. The van der Waals surface area contributed by atoms with Crippen molar-refractivity contribution in [1.29, 1.82) is 0 Å². The number of halogens is 1. The Bertz CT molecular complexity index is 852. The number of hydrogen-bond donors (Lipinski definition) is 1. The van der Waals surface area contributed by atoms with Crippen LogP contribution in [0.15, 0.2) is 48.5 Å². The third-order valence-electron chi connectivity index (χ3n) is 7.03. The van der Waals surface area contributed by atoms with Crippen LogP contribution < -0.4 is 10.1 Å². The molecule has 2 aromatic rings. The summed E-state index contributed by atoms with van der Waals surface area (Å²) in [5.41, 5.74) is 1.40. The molecule has 2 aromatic carbocycles. The highest BCUT2D eigenvalue weighted by atomic mass is 35.5. The van der Waals surface area contributed by atoms with Gasteiger partial charge in [0.1, 0.15) is 12.4 Å². The van der Waals surface area contributed by atoms with E-state index in [4.69, 9.17) is 16.3 Å². The average molecular weight is 455 g/mol. The van der Waals surface area contributed by atoms with Crippen LogP contribution in [0.2, 0.25) is 5.02 Å². The number of ether oxygens (including phenoxy) is 1. The highest BCUT2D eigenvalue weighted by Crippen LogP contribution is 2.41. The van der Waals surface area contributed by atoms with Crippen molar-refractivity contribution in [1.82, 2.24) is 4.90 Å². The van der Waals surface area contributed by atoms with Gasteiger partial charge in [0, 0.05) is 17.3 Å². The first-order chi connectivity index (χ1) is 15.7. The van der Waals surface area contributed by atoms with Crippen LogP contribution in [0.25, 0.3) is 0 Å². The lowest BCUT2D eigenvalue weighted by molar-refractivity contribution is -0.122. The number of rotatable bonds is 7. The minimum Gasteiger partial charge on any atom is -0.492 e. The van der Waals surface area contributed by atoms with Crippen molar-refractivity contribution in [3.8, 4) is 5.75 Å². The van der Waals surface area contributed by atoms with Gasteiger partial charge in [0.15, 0.2) is 0 Å². The molecule has 4 nitrogen and oxygen atoms in total. The molecule has 5 heteroatoms. The summed E-state index contributed by atoms with van der Waals surface area (Å²) >= 11 is 6.09. The number of carbonyl (C=O) groups is 1. The molecular weight excluding hydrogens is 420 g/mol. The van der Waals surface area contributed by atoms with Gasteiger partial charge < -0.3 is 10.1 Å². The van der Waals surface area contributed by atoms with Crippen molar-refractivity contribution >= 4 is 23.2 Å². The van der Waals surface area contributed by atoms with E-state index in [2.05, 4.69) is 10.2 Å². The van der Waals surface area contributed by atoms with Crippen molar-refractivity contribution < 1.29 is 9.53 Å². The number of amides is 1. The van der Waals surface area contributed by atoms with Gasteiger partial charge in [0.25, 0.3) is 0 Å². The van der Waals surface area contributed by atoms with E-state index in [1.807, 2.05) is 48.5 Å². The molecule has 0 bridgehead atoms. The van der Waals surface area contributed by atoms with Crippen LogP contribution in [0.3, 0.4) is 0 Å². The molecule has 172 valence electrons. The van der Waals surface area contributed by atoms with E-state index in [1.54, 1.807) is 0 Å². The Labute approximate surface area is 197 Å². The first-order valence-corrected chi connectivity index (χ1v) is 12.6. The second-order valence-corrected chi connectivity index (χ2v) is 9.67. The van der Waals surface area contributed by atoms with Crippen LogP contribution in [-0.2, 0) is 10.2 Å². The quantitative estimate of drug-likeness (QED) is 0.523. The zero-order chi connectivity index (χ0) is 22.2. The summed E-state index contributed by atoms with van der Waals surface area (Å²) in [6.45, 7) is 4.04. The van der Waals surface area contributed by atoms with Crippen LogP contribution >= 0.6 is 11.6 Å². The number of likely N-dealkylation sites (tertiary alicyclic amines) is 1. The Morgan fingerprint density at radius 2 is 1.50 bits per heavy atom. The minimum atomic E-state index is -0.481.